The summed E-state index contributed by atoms with van der Waals surface area (Å²) in [5.74, 6) is -1.37. The molecule has 2 heterocycles. The lowest BCUT2D eigenvalue weighted by atomic mass is 9.85. The van der Waals surface area contributed by atoms with Crippen molar-refractivity contribution in [3.05, 3.63) is 36.4 Å². The van der Waals surface area contributed by atoms with Crippen molar-refractivity contribution in [3.8, 4) is 0 Å². The summed E-state index contributed by atoms with van der Waals surface area (Å²) < 4.78 is 0.997. The second-order valence-corrected chi connectivity index (χ2v) is 7.93. The molecule has 0 spiro atoms. The highest BCUT2D eigenvalue weighted by molar-refractivity contribution is 7.22. The highest BCUT2D eigenvalue weighted by atomic mass is 32.1. The minimum atomic E-state index is -0.831. The van der Waals surface area contributed by atoms with E-state index in [0.29, 0.717) is 24.5 Å². The number of likely N-dealkylation sites (tertiary alicyclic amines) is 1. The van der Waals surface area contributed by atoms with Crippen molar-refractivity contribution in [1.29, 1.82) is 0 Å². The van der Waals surface area contributed by atoms with Crippen LogP contribution in [-0.2, 0) is 14.4 Å². The van der Waals surface area contributed by atoms with Gasteiger partial charge in [-0.05, 0) is 38.8 Å². The van der Waals surface area contributed by atoms with Gasteiger partial charge in [0, 0.05) is 6.54 Å². The van der Waals surface area contributed by atoms with E-state index in [9.17, 15) is 14.4 Å². The molecule has 7 heteroatoms. The number of likely N-dealkylation sites (N-methyl/N-ethyl adjacent to an activating group) is 1. The zero-order valence-corrected chi connectivity index (χ0v) is 16.1. The van der Waals surface area contributed by atoms with Crippen molar-refractivity contribution >= 4 is 44.4 Å². The monoisotopic (exact) mass is 383 g/mol. The molecule has 1 aromatic carbocycles. The number of allylic oxidation sites excluding steroid dienone is 2. The van der Waals surface area contributed by atoms with Gasteiger partial charge < -0.3 is 0 Å². The summed E-state index contributed by atoms with van der Waals surface area (Å²) in [5.41, 5.74) is 0.835. The average Bonchev–Trinajstić information content (AvgIpc) is 3.21. The van der Waals surface area contributed by atoms with Gasteiger partial charge in [0.05, 0.1) is 22.1 Å². The van der Waals surface area contributed by atoms with Gasteiger partial charge in [0.15, 0.2) is 5.13 Å². The first-order valence-electron chi connectivity index (χ1n) is 9.21. The molecule has 1 aromatic heterocycles. The molecule has 27 heavy (non-hydrogen) atoms. The highest BCUT2D eigenvalue weighted by Gasteiger charge is 2.50. The van der Waals surface area contributed by atoms with Crippen LogP contribution in [0.15, 0.2) is 36.4 Å². The lowest BCUT2D eigenvalue weighted by Gasteiger charge is -2.27. The van der Waals surface area contributed by atoms with Gasteiger partial charge in [-0.3, -0.25) is 24.2 Å². The van der Waals surface area contributed by atoms with E-state index in [0.717, 1.165) is 10.2 Å². The number of hydrogen-bond donors (Lipinski definition) is 0. The molecule has 2 aromatic rings. The van der Waals surface area contributed by atoms with E-state index in [1.54, 1.807) is 11.8 Å². The Labute approximate surface area is 161 Å². The highest BCUT2D eigenvalue weighted by Crippen LogP contribution is 2.37. The van der Waals surface area contributed by atoms with Crippen LogP contribution >= 0.6 is 11.3 Å². The summed E-state index contributed by atoms with van der Waals surface area (Å²) in [6.45, 7) is 3.93. The number of nitrogens with zero attached hydrogens (tertiary/aromatic N) is 3. The minimum Gasteiger partial charge on any atom is -0.287 e. The van der Waals surface area contributed by atoms with Crippen LogP contribution in [0.4, 0.5) is 5.13 Å². The Morgan fingerprint density at radius 1 is 1.22 bits per heavy atom. The largest absolute Gasteiger partial charge is 0.287 e. The Hall–Kier alpha value is -2.54. The van der Waals surface area contributed by atoms with Crippen molar-refractivity contribution in [2.24, 2.45) is 11.8 Å². The molecule has 0 saturated carbocycles. The molecule has 3 amide bonds. The molecule has 2 aliphatic rings. The van der Waals surface area contributed by atoms with Gasteiger partial charge in [0.25, 0.3) is 5.91 Å². The van der Waals surface area contributed by atoms with Crippen molar-refractivity contribution in [3.63, 3.8) is 0 Å². The smallest absolute Gasteiger partial charge is 0.251 e. The summed E-state index contributed by atoms with van der Waals surface area (Å²) in [6, 6.07) is 6.88. The van der Waals surface area contributed by atoms with E-state index in [4.69, 9.17) is 0 Å². The number of amides is 3. The van der Waals surface area contributed by atoms with Crippen molar-refractivity contribution in [2.45, 2.75) is 32.7 Å². The average molecular weight is 383 g/mol. The lowest BCUT2D eigenvalue weighted by Crippen LogP contribution is -2.50. The molecular weight excluding hydrogens is 362 g/mol. The van der Waals surface area contributed by atoms with Gasteiger partial charge >= 0.3 is 0 Å². The molecule has 0 radical (unpaired) electrons. The fourth-order valence-corrected chi connectivity index (χ4v) is 4.94. The maximum atomic E-state index is 13.2. The molecule has 3 atom stereocenters. The van der Waals surface area contributed by atoms with Gasteiger partial charge in [-0.15, -0.1) is 0 Å². The van der Waals surface area contributed by atoms with Crippen molar-refractivity contribution in [1.82, 2.24) is 9.88 Å². The topological polar surface area (TPSA) is 70.6 Å². The molecule has 6 nitrogen and oxygen atoms in total. The van der Waals surface area contributed by atoms with Gasteiger partial charge in [-0.25, -0.2) is 4.98 Å². The summed E-state index contributed by atoms with van der Waals surface area (Å²) in [4.78, 5) is 46.0. The van der Waals surface area contributed by atoms with Gasteiger partial charge in [-0.2, -0.15) is 0 Å². The number of benzene rings is 1. The van der Waals surface area contributed by atoms with E-state index < -0.39 is 6.04 Å². The maximum absolute atomic E-state index is 13.2. The fraction of sp³-hybridized carbons (Fsp3) is 0.400. The van der Waals surface area contributed by atoms with Crippen LogP contribution in [0.5, 0.6) is 0 Å². The molecule has 0 N–H and O–H groups in total. The number of thiazole rings is 1. The molecule has 140 valence electrons. The van der Waals surface area contributed by atoms with E-state index in [1.165, 1.54) is 16.2 Å². The Morgan fingerprint density at radius 3 is 2.44 bits per heavy atom. The quantitative estimate of drug-likeness (QED) is 0.601. The van der Waals surface area contributed by atoms with Crippen LogP contribution in [-0.4, -0.2) is 40.2 Å². The van der Waals surface area contributed by atoms with E-state index >= 15 is 0 Å². The van der Waals surface area contributed by atoms with Crippen LogP contribution in [0.25, 0.3) is 10.2 Å². The summed E-state index contributed by atoms with van der Waals surface area (Å²) in [7, 11) is 0. The van der Waals surface area contributed by atoms with Crippen LogP contribution < -0.4 is 4.90 Å². The predicted octanol–water partition coefficient (Wildman–Crippen LogP) is 2.99. The van der Waals surface area contributed by atoms with Crippen molar-refractivity contribution < 1.29 is 14.4 Å². The van der Waals surface area contributed by atoms with Gasteiger partial charge in [0.2, 0.25) is 11.8 Å². The minimum absolute atomic E-state index is 0.226. The van der Waals surface area contributed by atoms with Crippen LogP contribution in [0.1, 0.15) is 26.7 Å². The zero-order chi connectivity index (χ0) is 19.1. The molecule has 1 aliphatic heterocycles. The molecular formula is C20H21N3O3S. The summed E-state index contributed by atoms with van der Waals surface area (Å²) in [5, 5.41) is 0.591. The first kappa shape index (κ1) is 17.9. The number of fused-ring (bicyclic) bond motifs is 2. The Kier molecular flexibility index (Phi) is 4.55. The van der Waals surface area contributed by atoms with Crippen LogP contribution in [0.3, 0.4) is 0 Å². The SMILES string of the molecule is CCN(C(=O)C(C)N1C(=O)C2CC=CCC2C1=O)c1nc2ccccc2s1. The van der Waals surface area contributed by atoms with Crippen LogP contribution in [0, 0.1) is 11.8 Å². The standard InChI is InChI=1S/C20H21N3O3S/c1-3-22(20-21-15-10-6-7-11-16(15)27-20)17(24)12(2)23-18(25)13-8-4-5-9-14(13)19(23)26/h4-7,10-14H,3,8-9H2,1-2H3. The lowest BCUT2D eigenvalue weighted by molar-refractivity contribution is -0.146. The van der Waals surface area contributed by atoms with Gasteiger partial charge in [0.1, 0.15) is 6.04 Å². The number of carbonyl (C=O) groups excluding carboxylic acids is 3. The Morgan fingerprint density at radius 2 is 1.85 bits per heavy atom. The number of rotatable bonds is 4. The normalized spacial score (nSPS) is 23.0. The number of hydrogen-bond acceptors (Lipinski definition) is 5. The summed E-state index contributed by atoms with van der Waals surface area (Å²) in [6.07, 6.45) is 5.04. The van der Waals surface area contributed by atoms with Crippen molar-refractivity contribution in [2.75, 3.05) is 11.4 Å². The third-order valence-electron chi connectivity index (χ3n) is 5.38. The second kappa shape index (κ2) is 6.88. The van der Waals surface area contributed by atoms with E-state index in [1.807, 2.05) is 43.3 Å². The number of carbonyl (C=O) groups is 3. The third kappa shape index (κ3) is 2.86. The third-order valence-corrected chi connectivity index (χ3v) is 6.44. The number of anilines is 1. The summed E-state index contributed by atoms with van der Waals surface area (Å²) >= 11 is 1.44. The van der Waals surface area contributed by atoms with E-state index in [2.05, 4.69) is 4.98 Å². The molecule has 1 saturated heterocycles. The van der Waals surface area contributed by atoms with Gasteiger partial charge in [-0.1, -0.05) is 35.6 Å². The fourth-order valence-electron chi connectivity index (χ4n) is 3.90. The maximum Gasteiger partial charge on any atom is 0.251 e. The Bertz CT molecular complexity index is 892. The van der Waals surface area contributed by atoms with E-state index in [-0.39, 0.29) is 29.6 Å². The number of aromatic nitrogens is 1. The molecule has 3 unspecified atom stereocenters. The second-order valence-electron chi connectivity index (χ2n) is 6.92. The molecule has 0 bridgehead atoms. The number of imide groups is 1. The number of para-hydroxylation sites is 1. The molecule has 1 fully saturated rings. The molecule has 1 aliphatic carbocycles. The first-order chi connectivity index (χ1) is 13.0. The Balaban J connectivity index is 1.60. The first-order valence-corrected chi connectivity index (χ1v) is 10.0. The van der Waals surface area contributed by atoms with Crippen LogP contribution in [0.2, 0.25) is 0 Å². The predicted molar refractivity (Wildman–Crippen MR) is 104 cm³/mol. The zero-order valence-electron chi connectivity index (χ0n) is 15.3. The molecule has 4 rings (SSSR count).